The Morgan fingerprint density at radius 3 is 2.31 bits per heavy atom. The van der Waals surface area contributed by atoms with Crippen LogP contribution in [0.1, 0.15) is 20.8 Å². The Kier molecular flexibility index (Phi) is 2.46. The number of hydrogen-bond acceptors (Lipinski definition) is 2. The molecule has 2 rings (SSSR count). The van der Waals surface area contributed by atoms with Crippen LogP contribution in [-0.2, 0) is 5.54 Å². The first-order valence-electron chi connectivity index (χ1n) is 5.39. The van der Waals surface area contributed by atoms with Crippen molar-refractivity contribution >= 4 is 5.69 Å². The molecular formula is C13H17N3. The van der Waals surface area contributed by atoms with Crippen molar-refractivity contribution in [1.29, 1.82) is 0 Å². The largest absolute Gasteiger partial charge is 0.396 e. The van der Waals surface area contributed by atoms with Crippen LogP contribution in [0.5, 0.6) is 0 Å². The lowest BCUT2D eigenvalue weighted by Gasteiger charge is -2.22. The van der Waals surface area contributed by atoms with Crippen molar-refractivity contribution in [2.24, 2.45) is 0 Å². The quantitative estimate of drug-likeness (QED) is 0.795. The van der Waals surface area contributed by atoms with Crippen LogP contribution in [0.25, 0.3) is 11.3 Å². The minimum Gasteiger partial charge on any atom is -0.396 e. The summed E-state index contributed by atoms with van der Waals surface area (Å²) in [6.45, 7) is 6.35. The molecule has 0 saturated carbocycles. The van der Waals surface area contributed by atoms with Crippen LogP contribution in [-0.4, -0.2) is 9.78 Å². The van der Waals surface area contributed by atoms with Gasteiger partial charge in [-0.3, -0.25) is 4.68 Å². The summed E-state index contributed by atoms with van der Waals surface area (Å²) in [5, 5.41) is 4.36. The molecule has 3 heteroatoms. The first-order chi connectivity index (χ1) is 7.50. The third-order valence-corrected chi connectivity index (χ3v) is 2.48. The highest BCUT2D eigenvalue weighted by Gasteiger charge is 2.20. The molecule has 0 aliphatic carbocycles. The average molecular weight is 215 g/mol. The predicted octanol–water partition coefficient (Wildman–Crippen LogP) is 2.89. The zero-order valence-corrected chi connectivity index (χ0v) is 9.94. The molecule has 0 radical (unpaired) electrons. The number of benzene rings is 1. The zero-order valence-electron chi connectivity index (χ0n) is 9.94. The molecule has 0 aliphatic heterocycles. The van der Waals surface area contributed by atoms with Crippen LogP contribution >= 0.6 is 0 Å². The van der Waals surface area contributed by atoms with Gasteiger partial charge >= 0.3 is 0 Å². The Morgan fingerprint density at radius 2 is 1.75 bits per heavy atom. The van der Waals surface area contributed by atoms with Crippen molar-refractivity contribution in [1.82, 2.24) is 9.78 Å². The zero-order chi connectivity index (χ0) is 11.8. The van der Waals surface area contributed by atoms with Gasteiger partial charge in [-0.1, -0.05) is 30.3 Å². The number of aromatic nitrogens is 2. The van der Waals surface area contributed by atoms with E-state index in [1.807, 2.05) is 22.9 Å². The van der Waals surface area contributed by atoms with Crippen LogP contribution in [0.3, 0.4) is 0 Å². The molecule has 0 unspecified atom stereocenters. The van der Waals surface area contributed by atoms with Crippen molar-refractivity contribution in [3.63, 3.8) is 0 Å². The number of nitrogens with two attached hydrogens (primary N) is 1. The van der Waals surface area contributed by atoms with E-state index in [0.717, 1.165) is 16.9 Å². The Morgan fingerprint density at radius 1 is 1.12 bits per heavy atom. The fourth-order valence-electron chi connectivity index (χ4n) is 1.75. The number of anilines is 1. The van der Waals surface area contributed by atoms with Crippen LogP contribution in [0.15, 0.2) is 36.5 Å². The summed E-state index contributed by atoms with van der Waals surface area (Å²) in [5.41, 5.74) is 8.74. The molecule has 0 spiro atoms. The SMILES string of the molecule is CC(C)(C)n1ncc(N)c1-c1ccccc1. The monoisotopic (exact) mass is 215 g/mol. The van der Waals surface area contributed by atoms with Gasteiger partial charge in [-0.25, -0.2) is 0 Å². The molecule has 16 heavy (non-hydrogen) atoms. The van der Waals surface area contributed by atoms with E-state index in [1.165, 1.54) is 0 Å². The molecule has 0 bridgehead atoms. The highest BCUT2D eigenvalue weighted by atomic mass is 15.3. The molecule has 0 fully saturated rings. The number of nitrogens with zero attached hydrogens (tertiary/aromatic N) is 2. The van der Waals surface area contributed by atoms with Crippen molar-refractivity contribution in [2.45, 2.75) is 26.3 Å². The standard InChI is InChI=1S/C13H17N3/c1-13(2,3)16-12(11(14)9-15-16)10-7-5-4-6-8-10/h4-9H,14H2,1-3H3. The second kappa shape index (κ2) is 3.67. The molecule has 0 amide bonds. The van der Waals surface area contributed by atoms with Crippen molar-refractivity contribution in [3.8, 4) is 11.3 Å². The predicted molar refractivity (Wildman–Crippen MR) is 67.1 cm³/mol. The molecule has 0 atom stereocenters. The summed E-state index contributed by atoms with van der Waals surface area (Å²) in [6.07, 6.45) is 1.72. The van der Waals surface area contributed by atoms with E-state index in [4.69, 9.17) is 5.73 Å². The summed E-state index contributed by atoms with van der Waals surface area (Å²) in [5.74, 6) is 0. The van der Waals surface area contributed by atoms with Crippen molar-refractivity contribution < 1.29 is 0 Å². The molecule has 2 aromatic rings. The maximum atomic E-state index is 5.99. The number of rotatable bonds is 1. The van der Waals surface area contributed by atoms with Crippen LogP contribution in [0.2, 0.25) is 0 Å². The molecule has 1 heterocycles. The van der Waals surface area contributed by atoms with E-state index in [9.17, 15) is 0 Å². The van der Waals surface area contributed by atoms with E-state index in [2.05, 4.69) is 38.0 Å². The lowest BCUT2D eigenvalue weighted by atomic mass is 10.1. The fraction of sp³-hybridized carbons (Fsp3) is 0.308. The highest BCUT2D eigenvalue weighted by molar-refractivity contribution is 5.72. The van der Waals surface area contributed by atoms with Gasteiger partial charge in [-0.15, -0.1) is 0 Å². The summed E-state index contributed by atoms with van der Waals surface area (Å²) in [6, 6.07) is 10.1. The summed E-state index contributed by atoms with van der Waals surface area (Å²) in [7, 11) is 0. The van der Waals surface area contributed by atoms with E-state index in [-0.39, 0.29) is 5.54 Å². The van der Waals surface area contributed by atoms with Crippen LogP contribution < -0.4 is 5.73 Å². The summed E-state index contributed by atoms with van der Waals surface area (Å²) >= 11 is 0. The molecule has 1 aromatic heterocycles. The fourth-order valence-corrected chi connectivity index (χ4v) is 1.75. The second-order valence-electron chi connectivity index (χ2n) is 4.90. The van der Waals surface area contributed by atoms with Gasteiger partial charge in [0.25, 0.3) is 0 Å². The summed E-state index contributed by atoms with van der Waals surface area (Å²) < 4.78 is 1.97. The topological polar surface area (TPSA) is 43.8 Å². The normalized spacial score (nSPS) is 11.7. The molecule has 2 N–H and O–H groups in total. The van der Waals surface area contributed by atoms with Crippen LogP contribution in [0, 0.1) is 0 Å². The van der Waals surface area contributed by atoms with E-state index >= 15 is 0 Å². The van der Waals surface area contributed by atoms with Gasteiger partial charge in [-0.2, -0.15) is 5.10 Å². The first-order valence-corrected chi connectivity index (χ1v) is 5.39. The minimum atomic E-state index is -0.0667. The van der Waals surface area contributed by atoms with E-state index in [0.29, 0.717) is 0 Å². The van der Waals surface area contributed by atoms with Crippen molar-refractivity contribution in [2.75, 3.05) is 5.73 Å². The molecule has 3 nitrogen and oxygen atoms in total. The van der Waals surface area contributed by atoms with Gasteiger partial charge in [-0.05, 0) is 20.8 Å². The Labute approximate surface area is 95.9 Å². The second-order valence-corrected chi connectivity index (χ2v) is 4.90. The Bertz CT molecular complexity index is 478. The third kappa shape index (κ3) is 1.81. The van der Waals surface area contributed by atoms with Gasteiger partial charge < -0.3 is 5.73 Å². The van der Waals surface area contributed by atoms with E-state index in [1.54, 1.807) is 6.20 Å². The lowest BCUT2D eigenvalue weighted by Crippen LogP contribution is -2.24. The maximum Gasteiger partial charge on any atom is 0.0918 e. The first kappa shape index (κ1) is 10.7. The van der Waals surface area contributed by atoms with Gasteiger partial charge in [0.05, 0.1) is 23.1 Å². The molecular weight excluding hydrogens is 198 g/mol. The number of nitrogen functional groups attached to an aromatic ring is 1. The van der Waals surface area contributed by atoms with Crippen molar-refractivity contribution in [3.05, 3.63) is 36.5 Å². The smallest absolute Gasteiger partial charge is 0.0918 e. The van der Waals surface area contributed by atoms with Gasteiger partial charge in [0.2, 0.25) is 0 Å². The molecule has 1 aromatic carbocycles. The van der Waals surface area contributed by atoms with Gasteiger partial charge in [0, 0.05) is 5.56 Å². The van der Waals surface area contributed by atoms with E-state index < -0.39 is 0 Å². The van der Waals surface area contributed by atoms with Gasteiger partial charge in [0.1, 0.15) is 0 Å². The number of hydrogen-bond donors (Lipinski definition) is 1. The highest BCUT2D eigenvalue weighted by Crippen LogP contribution is 2.29. The Hall–Kier alpha value is -1.77. The summed E-state index contributed by atoms with van der Waals surface area (Å²) in [4.78, 5) is 0. The van der Waals surface area contributed by atoms with Crippen LogP contribution in [0.4, 0.5) is 5.69 Å². The maximum absolute atomic E-state index is 5.99. The molecule has 0 saturated heterocycles. The average Bonchev–Trinajstić information content (AvgIpc) is 2.61. The molecule has 84 valence electrons. The Balaban J connectivity index is 2.61. The third-order valence-electron chi connectivity index (χ3n) is 2.48. The molecule has 0 aliphatic rings. The minimum absolute atomic E-state index is 0.0667. The lowest BCUT2D eigenvalue weighted by molar-refractivity contribution is 0.360. The van der Waals surface area contributed by atoms with Gasteiger partial charge in [0.15, 0.2) is 0 Å².